The van der Waals surface area contributed by atoms with E-state index in [2.05, 4.69) is 4.90 Å². The molecule has 2 saturated heterocycles. The Morgan fingerprint density at radius 2 is 1.58 bits per heavy atom. The summed E-state index contributed by atoms with van der Waals surface area (Å²) in [6, 6.07) is 13.7. The number of anilines is 2. The molecule has 178 valence electrons. The van der Waals surface area contributed by atoms with Gasteiger partial charge in [-0.1, -0.05) is 18.2 Å². The van der Waals surface area contributed by atoms with Crippen molar-refractivity contribution in [3.8, 4) is 5.75 Å². The summed E-state index contributed by atoms with van der Waals surface area (Å²) in [6.45, 7) is 4.66. The molecule has 2 aliphatic heterocycles. The van der Waals surface area contributed by atoms with Crippen LogP contribution in [0.3, 0.4) is 0 Å². The van der Waals surface area contributed by atoms with Crippen LogP contribution in [0.15, 0.2) is 53.4 Å². The largest absolute Gasteiger partial charge is 0.495 e. The molecule has 4 rings (SSSR count). The molecule has 1 amide bonds. The maximum Gasteiger partial charge on any atom is 0.247 e. The zero-order valence-electron chi connectivity index (χ0n) is 18.8. The molecule has 0 radical (unpaired) electrons. The lowest BCUT2D eigenvalue weighted by Gasteiger charge is -2.35. The third-order valence-corrected chi connectivity index (χ3v) is 9.88. The summed E-state index contributed by atoms with van der Waals surface area (Å²) in [5.74, 6) is -0.839. The number of sulfonamides is 2. The number of benzene rings is 2. The number of carbonyl (C=O) groups excluding carboxylic acids is 1. The first-order chi connectivity index (χ1) is 15.5. The molecule has 2 aromatic carbocycles. The fourth-order valence-corrected chi connectivity index (χ4v) is 7.92. The minimum Gasteiger partial charge on any atom is -0.495 e. The first-order valence-electron chi connectivity index (χ1n) is 10.5. The van der Waals surface area contributed by atoms with Gasteiger partial charge in [-0.2, -0.15) is 4.31 Å². The van der Waals surface area contributed by atoms with Gasteiger partial charge in [-0.25, -0.2) is 21.1 Å². The van der Waals surface area contributed by atoms with E-state index in [4.69, 9.17) is 4.74 Å². The standard InChI is InChI=1S/C22H27N3O6S2/c1-22(2)16-32(27,28)25(21(22)26)18-9-10-19(31-3)20(15-18)33(29,30)24-13-11-23(12-14-24)17-7-5-4-6-8-17/h4-10,15H,11-14,16H2,1-3H3. The van der Waals surface area contributed by atoms with Gasteiger partial charge in [0.2, 0.25) is 26.0 Å². The Hall–Kier alpha value is -2.63. The molecule has 2 aliphatic rings. The lowest BCUT2D eigenvalue weighted by molar-refractivity contribution is -0.123. The first kappa shape index (κ1) is 23.5. The minimum absolute atomic E-state index is 0.00660. The first-order valence-corrected chi connectivity index (χ1v) is 13.6. The normalized spacial score (nSPS) is 20.8. The zero-order chi connectivity index (χ0) is 24.0. The SMILES string of the molecule is COc1ccc(N2C(=O)C(C)(C)CS2(=O)=O)cc1S(=O)(=O)N1CCN(c2ccccc2)CC1. The molecule has 33 heavy (non-hydrogen) atoms. The number of methoxy groups -OCH3 is 1. The van der Waals surface area contributed by atoms with Crippen LogP contribution in [0.4, 0.5) is 11.4 Å². The Morgan fingerprint density at radius 3 is 2.12 bits per heavy atom. The Morgan fingerprint density at radius 1 is 0.939 bits per heavy atom. The van der Waals surface area contributed by atoms with Crippen LogP contribution < -0.4 is 13.9 Å². The van der Waals surface area contributed by atoms with E-state index in [0.717, 1.165) is 5.69 Å². The molecule has 0 aliphatic carbocycles. The smallest absolute Gasteiger partial charge is 0.247 e. The molecule has 0 spiro atoms. The summed E-state index contributed by atoms with van der Waals surface area (Å²) in [6.07, 6.45) is 0. The van der Waals surface area contributed by atoms with Crippen LogP contribution in [0.25, 0.3) is 0 Å². The highest BCUT2D eigenvalue weighted by Gasteiger charge is 2.50. The van der Waals surface area contributed by atoms with Crippen LogP contribution in [-0.2, 0) is 24.8 Å². The number of hydrogen-bond donors (Lipinski definition) is 0. The van der Waals surface area contributed by atoms with Crippen LogP contribution in [0.1, 0.15) is 13.8 Å². The molecular weight excluding hydrogens is 466 g/mol. The van der Waals surface area contributed by atoms with Gasteiger partial charge in [-0.3, -0.25) is 4.79 Å². The van der Waals surface area contributed by atoms with Crippen LogP contribution >= 0.6 is 0 Å². The second kappa shape index (κ2) is 8.30. The lowest BCUT2D eigenvalue weighted by Crippen LogP contribution is -2.48. The van der Waals surface area contributed by atoms with E-state index in [1.807, 2.05) is 30.3 Å². The van der Waals surface area contributed by atoms with E-state index in [1.54, 1.807) is 13.8 Å². The highest BCUT2D eigenvalue weighted by Crippen LogP contribution is 2.39. The van der Waals surface area contributed by atoms with Gasteiger partial charge in [0.25, 0.3) is 0 Å². The minimum atomic E-state index is -4.00. The monoisotopic (exact) mass is 493 g/mol. The predicted molar refractivity (Wildman–Crippen MR) is 125 cm³/mol. The van der Waals surface area contributed by atoms with E-state index in [0.29, 0.717) is 17.4 Å². The van der Waals surface area contributed by atoms with Gasteiger partial charge in [0.05, 0.1) is 24.0 Å². The average molecular weight is 494 g/mol. The molecule has 2 fully saturated rings. The van der Waals surface area contributed by atoms with Gasteiger partial charge in [-0.05, 0) is 44.2 Å². The number of nitrogens with zero attached hydrogens (tertiary/aromatic N) is 3. The average Bonchev–Trinajstić information content (AvgIpc) is 2.96. The Labute approximate surface area is 194 Å². The van der Waals surface area contributed by atoms with Gasteiger partial charge >= 0.3 is 0 Å². The van der Waals surface area contributed by atoms with Crippen molar-refractivity contribution in [3.05, 3.63) is 48.5 Å². The maximum absolute atomic E-state index is 13.5. The second-order valence-corrected chi connectivity index (χ2v) is 12.5. The van der Waals surface area contributed by atoms with Crippen molar-refractivity contribution in [2.75, 3.05) is 48.2 Å². The fourth-order valence-electron chi connectivity index (χ4n) is 4.22. The molecule has 0 bridgehead atoms. The predicted octanol–water partition coefficient (Wildman–Crippen LogP) is 1.91. The molecule has 0 aromatic heterocycles. The molecule has 0 unspecified atom stereocenters. The third kappa shape index (κ3) is 4.20. The molecule has 0 atom stereocenters. The zero-order valence-corrected chi connectivity index (χ0v) is 20.4. The maximum atomic E-state index is 13.5. The fraction of sp³-hybridized carbons (Fsp3) is 0.409. The van der Waals surface area contributed by atoms with E-state index >= 15 is 0 Å². The summed E-state index contributed by atoms with van der Waals surface area (Å²) in [7, 11) is -6.56. The van der Waals surface area contributed by atoms with Crippen molar-refractivity contribution >= 4 is 37.3 Å². The third-order valence-electron chi connectivity index (χ3n) is 5.94. The number of carbonyl (C=O) groups is 1. The van der Waals surface area contributed by atoms with Crippen molar-refractivity contribution in [2.45, 2.75) is 18.7 Å². The molecule has 2 heterocycles. The van der Waals surface area contributed by atoms with Crippen molar-refractivity contribution in [1.82, 2.24) is 4.31 Å². The summed E-state index contributed by atoms with van der Waals surface area (Å²) in [5, 5.41) is 0. The van der Waals surface area contributed by atoms with Crippen molar-refractivity contribution in [1.29, 1.82) is 0 Å². The van der Waals surface area contributed by atoms with Gasteiger partial charge in [0.1, 0.15) is 10.6 Å². The highest BCUT2D eigenvalue weighted by molar-refractivity contribution is 7.94. The molecule has 2 aromatic rings. The van der Waals surface area contributed by atoms with E-state index < -0.39 is 31.4 Å². The Kier molecular flexibility index (Phi) is 5.92. The Balaban J connectivity index is 1.65. The van der Waals surface area contributed by atoms with Gasteiger partial charge in [0.15, 0.2) is 0 Å². The van der Waals surface area contributed by atoms with E-state index in [-0.39, 0.29) is 35.2 Å². The summed E-state index contributed by atoms with van der Waals surface area (Å²) < 4.78 is 59.8. The number of piperazine rings is 1. The van der Waals surface area contributed by atoms with Crippen molar-refractivity contribution < 1.29 is 26.4 Å². The van der Waals surface area contributed by atoms with Crippen molar-refractivity contribution in [3.63, 3.8) is 0 Å². The van der Waals surface area contributed by atoms with Crippen LogP contribution in [0.5, 0.6) is 5.75 Å². The number of para-hydroxylation sites is 1. The van der Waals surface area contributed by atoms with Crippen LogP contribution in [0.2, 0.25) is 0 Å². The molecular formula is C22H27N3O6S2. The Bertz CT molecular complexity index is 1270. The second-order valence-electron chi connectivity index (χ2n) is 8.77. The van der Waals surface area contributed by atoms with Crippen LogP contribution in [0, 0.1) is 5.41 Å². The topological polar surface area (TPSA) is 104 Å². The number of hydrogen-bond acceptors (Lipinski definition) is 7. The van der Waals surface area contributed by atoms with Gasteiger partial charge in [0, 0.05) is 31.9 Å². The molecule has 0 saturated carbocycles. The quantitative estimate of drug-likeness (QED) is 0.627. The highest BCUT2D eigenvalue weighted by atomic mass is 32.2. The van der Waals surface area contributed by atoms with Gasteiger partial charge in [-0.15, -0.1) is 0 Å². The van der Waals surface area contributed by atoms with E-state index in [9.17, 15) is 21.6 Å². The van der Waals surface area contributed by atoms with Crippen molar-refractivity contribution in [2.24, 2.45) is 5.41 Å². The summed E-state index contributed by atoms with van der Waals surface area (Å²) in [4.78, 5) is 14.7. The van der Waals surface area contributed by atoms with Crippen LogP contribution in [-0.4, -0.2) is 66.1 Å². The lowest BCUT2D eigenvalue weighted by atomic mass is 9.95. The summed E-state index contributed by atoms with van der Waals surface area (Å²) in [5.41, 5.74) is -0.0756. The summed E-state index contributed by atoms with van der Waals surface area (Å²) >= 11 is 0. The van der Waals surface area contributed by atoms with E-state index in [1.165, 1.54) is 29.6 Å². The van der Waals surface area contributed by atoms with Gasteiger partial charge < -0.3 is 9.64 Å². The number of ether oxygens (including phenoxy) is 1. The number of amides is 1. The number of rotatable bonds is 5. The molecule has 11 heteroatoms. The molecule has 0 N–H and O–H groups in total. The molecule has 9 nitrogen and oxygen atoms in total.